The third-order valence-corrected chi connectivity index (χ3v) is 4.61. The van der Waals surface area contributed by atoms with Gasteiger partial charge in [0.1, 0.15) is 11.2 Å². The maximum absolute atomic E-state index is 12.8. The number of pyridine rings is 1. The van der Waals surface area contributed by atoms with Crippen LogP contribution < -0.4 is 11.3 Å². The Morgan fingerprint density at radius 1 is 1.46 bits per heavy atom. The summed E-state index contributed by atoms with van der Waals surface area (Å²) in [6.45, 7) is 5.15. The van der Waals surface area contributed by atoms with Crippen LogP contribution >= 0.6 is 12.4 Å². The zero-order valence-corrected chi connectivity index (χ0v) is 14.8. The highest BCUT2D eigenvalue weighted by Crippen LogP contribution is 2.23. The molecule has 130 valence electrons. The van der Waals surface area contributed by atoms with Crippen LogP contribution in [-0.4, -0.2) is 39.3 Å². The molecule has 0 saturated carbocycles. The molecule has 1 amide bonds. The van der Waals surface area contributed by atoms with E-state index in [2.05, 4.69) is 11.9 Å². The molecular weight excluding hydrogens is 328 g/mol. The van der Waals surface area contributed by atoms with Gasteiger partial charge in [-0.2, -0.15) is 0 Å². The molecule has 1 fully saturated rings. The van der Waals surface area contributed by atoms with E-state index in [1.807, 2.05) is 19.1 Å². The molecule has 24 heavy (non-hydrogen) atoms. The number of nitrogens with two attached hydrogens (primary N) is 1. The van der Waals surface area contributed by atoms with E-state index in [0.717, 1.165) is 18.4 Å². The number of likely N-dealkylation sites (tertiary alicyclic amines) is 1. The van der Waals surface area contributed by atoms with E-state index >= 15 is 0 Å². The Balaban J connectivity index is 0.00000208. The number of aromatic nitrogens is 2. The number of piperidine rings is 1. The van der Waals surface area contributed by atoms with Crippen LogP contribution in [0.2, 0.25) is 0 Å². The molecule has 0 radical (unpaired) electrons. The number of fused-ring (bicyclic) bond motifs is 1. The van der Waals surface area contributed by atoms with Crippen molar-refractivity contribution < 1.29 is 4.79 Å². The average molecular weight is 351 g/mol. The van der Waals surface area contributed by atoms with Gasteiger partial charge < -0.3 is 10.6 Å². The Kier molecular flexibility index (Phi) is 5.62. The summed E-state index contributed by atoms with van der Waals surface area (Å²) in [7, 11) is 0. The van der Waals surface area contributed by atoms with Crippen LogP contribution in [0.5, 0.6) is 0 Å². The fraction of sp³-hybridized carbons (Fsp3) is 0.471. The number of hydrogen-bond acceptors (Lipinski definition) is 4. The monoisotopic (exact) mass is 350 g/mol. The fourth-order valence-electron chi connectivity index (χ4n) is 3.22. The summed E-state index contributed by atoms with van der Waals surface area (Å²) in [5, 5.41) is 0. The number of halogens is 1. The van der Waals surface area contributed by atoms with Gasteiger partial charge in [-0.05, 0) is 43.4 Å². The van der Waals surface area contributed by atoms with Gasteiger partial charge in [0.15, 0.2) is 0 Å². The van der Waals surface area contributed by atoms with Crippen molar-refractivity contribution in [2.75, 3.05) is 13.1 Å². The van der Waals surface area contributed by atoms with Gasteiger partial charge in [-0.1, -0.05) is 6.92 Å². The van der Waals surface area contributed by atoms with E-state index < -0.39 is 0 Å². The number of carbonyl (C=O) groups is 1. The van der Waals surface area contributed by atoms with Crippen LogP contribution in [0.25, 0.3) is 5.65 Å². The summed E-state index contributed by atoms with van der Waals surface area (Å²) >= 11 is 0. The first-order chi connectivity index (χ1) is 11.0. The van der Waals surface area contributed by atoms with Crippen LogP contribution in [0.1, 0.15) is 35.7 Å². The SMILES string of the molecule is Cc1ccn2c(=O)c(C(=O)N3CCC(C)CC3CN)cnc2c1.Cl. The van der Waals surface area contributed by atoms with Crippen LogP contribution in [0.3, 0.4) is 0 Å². The maximum Gasteiger partial charge on any atom is 0.270 e. The first-order valence-electron chi connectivity index (χ1n) is 8.00. The van der Waals surface area contributed by atoms with Gasteiger partial charge in [-0.15, -0.1) is 12.4 Å². The molecule has 1 aliphatic heterocycles. The number of nitrogens with zero attached hydrogens (tertiary/aromatic N) is 3. The molecule has 1 saturated heterocycles. The molecule has 1 aliphatic rings. The Hall–Kier alpha value is -1.92. The summed E-state index contributed by atoms with van der Waals surface area (Å²) in [5.41, 5.74) is 7.18. The highest BCUT2D eigenvalue weighted by molar-refractivity contribution is 5.94. The van der Waals surface area contributed by atoms with Crippen molar-refractivity contribution in [1.29, 1.82) is 0 Å². The molecule has 6 nitrogen and oxygen atoms in total. The van der Waals surface area contributed by atoms with Gasteiger partial charge in [-0.3, -0.25) is 14.0 Å². The van der Waals surface area contributed by atoms with Crippen molar-refractivity contribution in [3.8, 4) is 0 Å². The Labute approximate surface area is 147 Å². The van der Waals surface area contributed by atoms with Crippen molar-refractivity contribution >= 4 is 24.0 Å². The van der Waals surface area contributed by atoms with E-state index in [4.69, 9.17) is 5.73 Å². The molecule has 2 unspecified atom stereocenters. The summed E-state index contributed by atoms with van der Waals surface area (Å²) in [6.07, 6.45) is 4.87. The topological polar surface area (TPSA) is 80.7 Å². The third kappa shape index (κ3) is 3.30. The van der Waals surface area contributed by atoms with Crippen LogP contribution in [0.15, 0.2) is 29.3 Å². The Morgan fingerprint density at radius 2 is 2.21 bits per heavy atom. The molecule has 3 heterocycles. The molecule has 0 aliphatic carbocycles. The zero-order valence-electron chi connectivity index (χ0n) is 13.9. The predicted molar refractivity (Wildman–Crippen MR) is 95.7 cm³/mol. The Bertz CT molecular complexity index is 805. The number of carbonyl (C=O) groups excluding carboxylic acids is 1. The van der Waals surface area contributed by atoms with Crippen molar-refractivity contribution in [2.24, 2.45) is 11.7 Å². The predicted octanol–water partition coefficient (Wildman–Crippen LogP) is 1.62. The second-order valence-electron chi connectivity index (χ2n) is 6.43. The first-order valence-corrected chi connectivity index (χ1v) is 8.00. The molecule has 3 rings (SSSR count). The van der Waals surface area contributed by atoms with Crippen molar-refractivity contribution in [1.82, 2.24) is 14.3 Å². The normalized spacial score (nSPS) is 20.7. The highest BCUT2D eigenvalue weighted by atomic mass is 35.5. The molecule has 2 atom stereocenters. The number of hydrogen-bond donors (Lipinski definition) is 1. The number of amides is 1. The molecule has 2 N–H and O–H groups in total. The lowest BCUT2D eigenvalue weighted by Crippen LogP contribution is -2.50. The maximum atomic E-state index is 12.8. The lowest BCUT2D eigenvalue weighted by molar-refractivity contribution is 0.0571. The van der Waals surface area contributed by atoms with E-state index in [0.29, 0.717) is 24.7 Å². The minimum atomic E-state index is -0.325. The summed E-state index contributed by atoms with van der Waals surface area (Å²) < 4.78 is 1.42. The third-order valence-electron chi connectivity index (χ3n) is 4.61. The van der Waals surface area contributed by atoms with Gasteiger partial charge in [0.05, 0.1) is 0 Å². The smallest absolute Gasteiger partial charge is 0.270 e. The van der Waals surface area contributed by atoms with Gasteiger partial charge in [-0.25, -0.2) is 4.98 Å². The number of rotatable bonds is 2. The number of aryl methyl sites for hydroxylation is 1. The molecular formula is C17H23ClN4O2. The van der Waals surface area contributed by atoms with Gasteiger partial charge in [0, 0.05) is 31.5 Å². The van der Waals surface area contributed by atoms with Gasteiger partial charge in [0.2, 0.25) is 0 Å². The van der Waals surface area contributed by atoms with E-state index in [9.17, 15) is 9.59 Å². The zero-order chi connectivity index (χ0) is 16.6. The summed E-state index contributed by atoms with van der Waals surface area (Å²) in [4.78, 5) is 31.5. The van der Waals surface area contributed by atoms with E-state index in [-0.39, 0.29) is 35.5 Å². The summed E-state index contributed by atoms with van der Waals surface area (Å²) in [6, 6.07) is 3.64. The standard InChI is InChI=1S/C17H22N4O2.ClH/c1-11-3-5-20(13(7-11)9-18)16(22)14-10-19-15-8-12(2)4-6-21(15)17(14)23;/h4,6,8,10-11,13H,3,5,7,9,18H2,1-2H3;1H. The van der Waals surface area contributed by atoms with Crippen LogP contribution in [0, 0.1) is 12.8 Å². The summed E-state index contributed by atoms with van der Waals surface area (Å²) in [5.74, 6) is 0.284. The second-order valence-corrected chi connectivity index (χ2v) is 6.43. The van der Waals surface area contributed by atoms with Gasteiger partial charge >= 0.3 is 0 Å². The molecule has 2 aromatic heterocycles. The first kappa shape index (κ1) is 18.4. The van der Waals surface area contributed by atoms with Gasteiger partial charge in [0.25, 0.3) is 11.5 Å². The van der Waals surface area contributed by atoms with E-state index in [1.165, 1.54) is 10.6 Å². The van der Waals surface area contributed by atoms with Crippen molar-refractivity contribution in [3.05, 3.63) is 46.0 Å². The van der Waals surface area contributed by atoms with Crippen molar-refractivity contribution in [2.45, 2.75) is 32.7 Å². The molecule has 0 spiro atoms. The molecule has 0 bridgehead atoms. The van der Waals surface area contributed by atoms with Crippen LogP contribution in [0.4, 0.5) is 0 Å². The largest absolute Gasteiger partial charge is 0.334 e. The lowest BCUT2D eigenvalue weighted by atomic mass is 9.92. The van der Waals surface area contributed by atoms with Crippen molar-refractivity contribution in [3.63, 3.8) is 0 Å². The minimum absolute atomic E-state index is 0. The highest BCUT2D eigenvalue weighted by Gasteiger charge is 2.31. The van der Waals surface area contributed by atoms with Crippen LogP contribution in [-0.2, 0) is 0 Å². The fourth-order valence-corrected chi connectivity index (χ4v) is 3.22. The Morgan fingerprint density at radius 3 is 2.92 bits per heavy atom. The molecule has 2 aromatic rings. The average Bonchev–Trinajstić information content (AvgIpc) is 2.54. The minimum Gasteiger partial charge on any atom is -0.334 e. The van der Waals surface area contributed by atoms with E-state index in [1.54, 1.807) is 11.1 Å². The quantitative estimate of drug-likeness (QED) is 0.892. The second kappa shape index (κ2) is 7.32. The lowest BCUT2D eigenvalue weighted by Gasteiger charge is -2.37. The molecule has 0 aromatic carbocycles. The molecule has 7 heteroatoms.